The average Bonchev–Trinajstić information content (AvgIpc) is 3.73. The highest BCUT2D eigenvalue weighted by atomic mass is 32.1. The number of thiazole rings is 1. The van der Waals surface area contributed by atoms with Crippen LogP contribution < -0.4 is 10.6 Å². The molecule has 5 atom stereocenters. The summed E-state index contributed by atoms with van der Waals surface area (Å²) in [5.74, 6) is -0.416. The van der Waals surface area contributed by atoms with Crippen molar-refractivity contribution in [2.45, 2.75) is 62.9 Å². The van der Waals surface area contributed by atoms with Crippen molar-refractivity contribution >= 4 is 23.2 Å². The topological polar surface area (TPSA) is 104 Å². The molecule has 5 rings (SSSR count). The second-order valence-electron chi connectivity index (χ2n) is 10.4. The molecule has 3 heterocycles. The first-order valence-electron chi connectivity index (χ1n) is 13.5. The second-order valence-corrected chi connectivity index (χ2v) is 11.3. The number of aliphatic hydroxyl groups is 1. The summed E-state index contributed by atoms with van der Waals surface area (Å²) in [6.07, 6.45) is 2.17. The first kappa shape index (κ1) is 27.5. The van der Waals surface area contributed by atoms with Crippen LogP contribution in [-0.4, -0.2) is 71.3 Å². The normalized spacial score (nSPS) is 22.5. The predicted molar refractivity (Wildman–Crippen MR) is 151 cm³/mol. The monoisotopic (exact) mass is 548 g/mol. The molecule has 0 radical (unpaired) electrons. The summed E-state index contributed by atoms with van der Waals surface area (Å²) in [4.78, 5) is 33.5. The standard InChI is InChI=1S/C30H36N4O4S/c1-19-18-39-29(32-19)26-12-7-13-34(26)30(37)22-11-6-10-21(15-22)28(36)33-25(14-20-8-4-3-5-9-20)27(35)24-16-23(38-2)17-31-24/h3-6,8-11,15,18,23-27,31,35H,7,12-14,16-17H2,1-2H3,(H,33,36). The first-order valence-corrected chi connectivity index (χ1v) is 14.4. The summed E-state index contributed by atoms with van der Waals surface area (Å²) < 4.78 is 5.45. The maximum atomic E-state index is 13.5. The molecule has 2 saturated heterocycles. The molecule has 0 bridgehead atoms. The van der Waals surface area contributed by atoms with Crippen LogP contribution in [0.4, 0.5) is 0 Å². The zero-order valence-electron chi connectivity index (χ0n) is 22.4. The van der Waals surface area contributed by atoms with Crippen LogP contribution in [0.15, 0.2) is 60.0 Å². The number of methoxy groups -OCH3 is 1. The highest BCUT2D eigenvalue weighted by Gasteiger charge is 2.36. The molecule has 2 amide bonds. The maximum Gasteiger partial charge on any atom is 0.254 e. The van der Waals surface area contributed by atoms with Crippen LogP contribution in [0.25, 0.3) is 0 Å². The van der Waals surface area contributed by atoms with Gasteiger partial charge in [0.15, 0.2) is 0 Å². The third-order valence-electron chi connectivity index (χ3n) is 7.70. The van der Waals surface area contributed by atoms with Crippen LogP contribution in [0.3, 0.4) is 0 Å². The number of carbonyl (C=O) groups is 2. The molecule has 0 spiro atoms. The van der Waals surface area contributed by atoms with Gasteiger partial charge >= 0.3 is 0 Å². The number of likely N-dealkylation sites (tertiary alicyclic amines) is 1. The number of rotatable bonds is 9. The lowest BCUT2D eigenvalue weighted by Crippen LogP contribution is -2.52. The fraction of sp³-hybridized carbons (Fsp3) is 0.433. The van der Waals surface area contributed by atoms with E-state index in [0.29, 0.717) is 37.1 Å². The SMILES string of the molecule is COC1CNC(C(O)C(Cc2ccccc2)NC(=O)c2cccc(C(=O)N3CCCC3c3nc(C)cs3)c2)C1. The van der Waals surface area contributed by atoms with Gasteiger partial charge < -0.3 is 25.4 Å². The van der Waals surface area contributed by atoms with Crippen LogP contribution in [0.1, 0.15) is 62.3 Å². The van der Waals surface area contributed by atoms with Crippen molar-refractivity contribution in [1.29, 1.82) is 0 Å². The predicted octanol–water partition coefficient (Wildman–Crippen LogP) is 3.51. The maximum absolute atomic E-state index is 13.5. The largest absolute Gasteiger partial charge is 0.389 e. The number of benzene rings is 2. The molecule has 3 N–H and O–H groups in total. The molecule has 206 valence electrons. The van der Waals surface area contributed by atoms with Gasteiger partial charge in [-0.05, 0) is 56.4 Å². The molecule has 5 unspecified atom stereocenters. The number of ether oxygens (including phenoxy) is 1. The zero-order chi connectivity index (χ0) is 27.4. The van der Waals surface area contributed by atoms with Crippen molar-refractivity contribution < 1.29 is 19.4 Å². The van der Waals surface area contributed by atoms with E-state index in [1.807, 2.05) is 47.5 Å². The Morgan fingerprint density at radius 3 is 2.72 bits per heavy atom. The molecule has 0 aliphatic carbocycles. The van der Waals surface area contributed by atoms with E-state index in [2.05, 4.69) is 15.6 Å². The summed E-state index contributed by atoms with van der Waals surface area (Å²) in [6.45, 7) is 3.29. The van der Waals surface area contributed by atoms with Crippen LogP contribution in [0, 0.1) is 6.92 Å². The van der Waals surface area contributed by atoms with Gasteiger partial charge in [0.1, 0.15) is 5.01 Å². The van der Waals surface area contributed by atoms with Crippen molar-refractivity contribution in [2.75, 3.05) is 20.2 Å². The molecule has 2 aliphatic heterocycles. The van der Waals surface area contributed by atoms with Crippen molar-refractivity contribution in [1.82, 2.24) is 20.5 Å². The highest BCUT2D eigenvalue weighted by molar-refractivity contribution is 7.09. The van der Waals surface area contributed by atoms with Gasteiger partial charge in [0.25, 0.3) is 11.8 Å². The summed E-state index contributed by atoms with van der Waals surface area (Å²) in [7, 11) is 1.67. The van der Waals surface area contributed by atoms with Crippen LogP contribution in [0.5, 0.6) is 0 Å². The number of aliphatic hydroxyl groups excluding tert-OH is 1. The number of nitrogens with zero attached hydrogens (tertiary/aromatic N) is 2. The number of carbonyl (C=O) groups excluding carboxylic acids is 2. The molecule has 9 heteroatoms. The smallest absolute Gasteiger partial charge is 0.254 e. The molecule has 3 aromatic rings. The van der Waals surface area contributed by atoms with Gasteiger partial charge in [0.05, 0.1) is 24.3 Å². The van der Waals surface area contributed by atoms with E-state index >= 15 is 0 Å². The van der Waals surface area contributed by atoms with Crippen molar-refractivity contribution in [3.63, 3.8) is 0 Å². The van der Waals surface area contributed by atoms with Gasteiger partial charge in [-0.1, -0.05) is 36.4 Å². The van der Waals surface area contributed by atoms with Gasteiger partial charge in [-0.3, -0.25) is 9.59 Å². The lowest BCUT2D eigenvalue weighted by atomic mass is 9.94. The Kier molecular flexibility index (Phi) is 8.72. The van der Waals surface area contributed by atoms with E-state index in [4.69, 9.17) is 4.74 Å². The molecule has 2 aromatic carbocycles. The second kappa shape index (κ2) is 12.4. The van der Waals surface area contributed by atoms with Crippen molar-refractivity contribution in [3.8, 4) is 0 Å². The quantitative estimate of drug-likeness (QED) is 0.378. The molecule has 2 aliphatic rings. The Morgan fingerprint density at radius 1 is 1.21 bits per heavy atom. The van der Waals surface area contributed by atoms with Gasteiger partial charge in [0.2, 0.25) is 0 Å². The number of amides is 2. The lowest BCUT2D eigenvalue weighted by Gasteiger charge is -2.29. The van der Waals surface area contributed by atoms with Crippen molar-refractivity contribution in [3.05, 3.63) is 87.4 Å². The molecule has 2 fully saturated rings. The van der Waals surface area contributed by atoms with Gasteiger partial charge in [-0.15, -0.1) is 11.3 Å². The summed E-state index contributed by atoms with van der Waals surface area (Å²) in [6, 6.07) is 15.9. The average molecular weight is 549 g/mol. The minimum atomic E-state index is -0.814. The molecule has 8 nitrogen and oxygen atoms in total. The van der Waals surface area contributed by atoms with Crippen LogP contribution >= 0.6 is 11.3 Å². The number of aromatic nitrogens is 1. The molecule has 39 heavy (non-hydrogen) atoms. The number of hydrogen-bond donors (Lipinski definition) is 3. The third-order valence-corrected chi connectivity index (χ3v) is 8.77. The van der Waals surface area contributed by atoms with Crippen LogP contribution in [0.2, 0.25) is 0 Å². The lowest BCUT2D eigenvalue weighted by molar-refractivity contribution is 0.0677. The summed E-state index contributed by atoms with van der Waals surface area (Å²) >= 11 is 1.59. The Labute approximate surface area is 233 Å². The Morgan fingerprint density at radius 2 is 2.00 bits per heavy atom. The molecular formula is C30H36N4O4S. The summed E-state index contributed by atoms with van der Waals surface area (Å²) in [5, 5.41) is 20.7. The molecular weight excluding hydrogens is 512 g/mol. The number of hydrogen-bond acceptors (Lipinski definition) is 7. The van der Waals surface area contributed by atoms with E-state index in [-0.39, 0.29) is 30.0 Å². The summed E-state index contributed by atoms with van der Waals surface area (Å²) in [5.41, 5.74) is 2.85. The van der Waals surface area contributed by atoms with E-state index < -0.39 is 12.1 Å². The van der Waals surface area contributed by atoms with E-state index in [0.717, 1.165) is 29.1 Å². The molecule has 1 aromatic heterocycles. The Balaban J connectivity index is 1.32. The minimum absolute atomic E-state index is 0.0307. The fourth-order valence-corrected chi connectivity index (χ4v) is 6.52. The third kappa shape index (κ3) is 6.38. The Bertz CT molecular complexity index is 1280. The fourth-order valence-electron chi connectivity index (χ4n) is 5.58. The Hall–Kier alpha value is -3.11. The van der Waals surface area contributed by atoms with Gasteiger partial charge in [-0.2, -0.15) is 0 Å². The van der Waals surface area contributed by atoms with Gasteiger partial charge in [0, 0.05) is 48.4 Å². The van der Waals surface area contributed by atoms with E-state index in [1.165, 1.54) is 0 Å². The molecule has 0 saturated carbocycles. The van der Waals surface area contributed by atoms with E-state index in [9.17, 15) is 14.7 Å². The number of aryl methyl sites for hydroxylation is 1. The number of nitrogens with one attached hydrogen (secondary N) is 2. The minimum Gasteiger partial charge on any atom is -0.389 e. The van der Waals surface area contributed by atoms with Crippen LogP contribution in [-0.2, 0) is 11.2 Å². The van der Waals surface area contributed by atoms with Gasteiger partial charge in [-0.25, -0.2) is 4.98 Å². The van der Waals surface area contributed by atoms with Crippen molar-refractivity contribution in [2.24, 2.45) is 0 Å². The highest BCUT2D eigenvalue weighted by Crippen LogP contribution is 2.34. The van der Waals surface area contributed by atoms with E-state index in [1.54, 1.807) is 42.7 Å². The zero-order valence-corrected chi connectivity index (χ0v) is 23.2. The first-order chi connectivity index (χ1) is 18.9.